The molecular formula is C20H26N4O2. The molecule has 6 heteroatoms. The van der Waals surface area contributed by atoms with Crippen LogP contribution in [0.1, 0.15) is 32.7 Å². The molecule has 0 spiro atoms. The zero-order valence-electron chi connectivity index (χ0n) is 15.4. The van der Waals surface area contributed by atoms with Gasteiger partial charge in [0.25, 0.3) is 11.5 Å². The Balaban J connectivity index is 1.58. The fourth-order valence-corrected chi connectivity index (χ4v) is 3.30. The summed E-state index contributed by atoms with van der Waals surface area (Å²) in [5, 5.41) is 6.19. The Morgan fingerprint density at radius 2 is 1.77 bits per heavy atom. The summed E-state index contributed by atoms with van der Waals surface area (Å²) in [5.41, 5.74) is 3.58. The quantitative estimate of drug-likeness (QED) is 0.757. The van der Waals surface area contributed by atoms with Crippen LogP contribution in [-0.2, 0) is 13.1 Å². The molecule has 3 N–H and O–H groups in total. The fourth-order valence-electron chi connectivity index (χ4n) is 3.30. The lowest BCUT2D eigenvalue weighted by atomic mass is 10.1. The van der Waals surface area contributed by atoms with Gasteiger partial charge in [-0.05, 0) is 36.6 Å². The molecule has 0 bridgehead atoms. The van der Waals surface area contributed by atoms with Gasteiger partial charge in [-0.3, -0.25) is 14.5 Å². The molecule has 1 fully saturated rings. The number of carbonyl (C=O) groups is 1. The third-order valence-corrected chi connectivity index (χ3v) is 4.68. The van der Waals surface area contributed by atoms with Crippen molar-refractivity contribution >= 4 is 5.91 Å². The Morgan fingerprint density at radius 3 is 2.42 bits per heavy atom. The van der Waals surface area contributed by atoms with E-state index in [2.05, 4.69) is 32.7 Å². The number of aromatic nitrogens is 1. The summed E-state index contributed by atoms with van der Waals surface area (Å²) >= 11 is 0. The number of nitrogens with one attached hydrogen (secondary N) is 3. The molecule has 1 aliphatic rings. The highest BCUT2D eigenvalue weighted by Gasteiger charge is 2.14. The molecule has 0 aliphatic carbocycles. The standard InChI is InChI=1S/C20H26N4O2/c1-14-11-15(2)23-20(26)18(14)19(25)22-12-16-3-5-17(6-4-16)13-24-9-7-21-8-10-24/h3-6,11,21H,7-10,12-13H2,1-2H3,(H,22,25)(H,23,26). The molecule has 0 saturated carbocycles. The van der Waals surface area contributed by atoms with E-state index in [1.54, 1.807) is 19.9 Å². The van der Waals surface area contributed by atoms with Crippen molar-refractivity contribution in [2.75, 3.05) is 26.2 Å². The number of H-pyrrole nitrogens is 1. The topological polar surface area (TPSA) is 77.2 Å². The van der Waals surface area contributed by atoms with E-state index in [9.17, 15) is 9.59 Å². The predicted octanol–water partition coefficient (Wildman–Crippen LogP) is 1.33. The zero-order valence-corrected chi connectivity index (χ0v) is 15.4. The van der Waals surface area contributed by atoms with Crippen LogP contribution in [-0.4, -0.2) is 42.0 Å². The molecule has 2 aromatic rings. The van der Waals surface area contributed by atoms with Gasteiger partial charge in [-0.2, -0.15) is 0 Å². The summed E-state index contributed by atoms with van der Waals surface area (Å²) in [6.45, 7) is 9.17. The van der Waals surface area contributed by atoms with E-state index < -0.39 is 0 Å². The number of hydrogen-bond acceptors (Lipinski definition) is 4. The molecular weight excluding hydrogens is 328 g/mol. The van der Waals surface area contributed by atoms with Gasteiger partial charge in [-0.15, -0.1) is 0 Å². The normalized spacial score (nSPS) is 15.0. The summed E-state index contributed by atoms with van der Waals surface area (Å²) in [6.07, 6.45) is 0. The highest BCUT2D eigenvalue weighted by Crippen LogP contribution is 2.09. The highest BCUT2D eigenvalue weighted by atomic mass is 16.2. The Hall–Kier alpha value is -2.44. The average Bonchev–Trinajstić information content (AvgIpc) is 2.61. The molecule has 0 atom stereocenters. The Labute approximate surface area is 153 Å². The monoisotopic (exact) mass is 354 g/mol. The summed E-state index contributed by atoms with van der Waals surface area (Å²) < 4.78 is 0. The summed E-state index contributed by atoms with van der Waals surface area (Å²) in [4.78, 5) is 29.5. The van der Waals surface area contributed by atoms with Crippen molar-refractivity contribution in [3.8, 4) is 0 Å². The molecule has 1 aromatic heterocycles. The second kappa shape index (κ2) is 8.29. The molecule has 138 valence electrons. The molecule has 1 aromatic carbocycles. The predicted molar refractivity (Wildman–Crippen MR) is 102 cm³/mol. The van der Waals surface area contributed by atoms with Crippen molar-refractivity contribution in [3.05, 3.63) is 68.6 Å². The van der Waals surface area contributed by atoms with Crippen molar-refractivity contribution in [1.29, 1.82) is 0 Å². The van der Waals surface area contributed by atoms with E-state index in [1.807, 2.05) is 12.1 Å². The number of hydrogen-bond donors (Lipinski definition) is 3. The lowest BCUT2D eigenvalue weighted by Crippen LogP contribution is -2.42. The van der Waals surface area contributed by atoms with Crippen molar-refractivity contribution in [2.45, 2.75) is 26.9 Å². The SMILES string of the molecule is Cc1cc(C)c(C(=O)NCc2ccc(CN3CCNCC3)cc2)c(=O)[nH]1. The van der Waals surface area contributed by atoms with Crippen LogP contribution in [0.25, 0.3) is 0 Å². The van der Waals surface area contributed by atoms with Crippen LogP contribution in [0.4, 0.5) is 0 Å². The van der Waals surface area contributed by atoms with Gasteiger partial charge in [-0.25, -0.2) is 0 Å². The maximum absolute atomic E-state index is 12.4. The van der Waals surface area contributed by atoms with Crippen LogP contribution >= 0.6 is 0 Å². The average molecular weight is 354 g/mol. The van der Waals surface area contributed by atoms with Crippen molar-refractivity contribution < 1.29 is 4.79 Å². The first-order valence-electron chi connectivity index (χ1n) is 9.02. The van der Waals surface area contributed by atoms with Crippen LogP contribution in [0, 0.1) is 13.8 Å². The minimum absolute atomic E-state index is 0.186. The summed E-state index contributed by atoms with van der Waals surface area (Å²) in [7, 11) is 0. The number of rotatable bonds is 5. The molecule has 1 saturated heterocycles. The van der Waals surface area contributed by atoms with E-state index in [0.29, 0.717) is 12.1 Å². The van der Waals surface area contributed by atoms with Crippen LogP contribution in [0.5, 0.6) is 0 Å². The molecule has 1 aliphatic heterocycles. The third kappa shape index (κ3) is 4.59. The van der Waals surface area contributed by atoms with Gasteiger partial charge >= 0.3 is 0 Å². The Morgan fingerprint density at radius 1 is 1.12 bits per heavy atom. The van der Waals surface area contributed by atoms with Gasteiger partial charge in [-0.1, -0.05) is 24.3 Å². The van der Waals surface area contributed by atoms with Gasteiger partial charge in [0.15, 0.2) is 0 Å². The van der Waals surface area contributed by atoms with E-state index in [4.69, 9.17) is 0 Å². The van der Waals surface area contributed by atoms with Gasteiger partial charge in [0.05, 0.1) is 0 Å². The van der Waals surface area contributed by atoms with Crippen LogP contribution in [0.15, 0.2) is 35.1 Å². The number of nitrogens with zero attached hydrogens (tertiary/aromatic N) is 1. The Bertz CT molecular complexity index is 821. The summed E-state index contributed by atoms with van der Waals surface area (Å²) in [5.74, 6) is -0.339. The molecule has 26 heavy (non-hydrogen) atoms. The molecule has 2 heterocycles. The number of amides is 1. The molecule has 1 amide bonds. The first-order chi connectivity index (χ1) is 12.5. The lowest BCUT2D eigenvalue weighted by Gasteiger charge is -2.27. The maximum Gasteiger partial charge on any atom is 0.261 e. The minimum Gasteiger partial charge on any atom is -0.348 e. The van der Waals surface area contributed by atoms with Crippen molar-refractivity contribution in [3.63, 3.8) is 0 Å². The number of pyridine rings is 1. The molecule has 0 radical (unpaired) electrons. The van der Waals surface area contributed by atoms with E-state index in [1.165, 1.54) is 5.56 Å². The zero-order chi connectivity index (χ0) is 18.5. The molecule has 0 unspecified atom stereocenters. The second-order valence-electron chi connectivity index (χ2n) is 6.86. The van der Waals surface area contributed by atoms with Gasteiger partial charge in [0.1, 0.15) is 5.56 Å². The van der Waals surface area contributed by atoms with E-state index in [0.717, 1.165) is 44.0 Å². The van der Waals surface area contributed by atoms with Crippen LogP contribution in [0.3, 0.4) is 0 Å². The summed E-state index contributed by atoms with van der Waals surface area (Å²) in [6, 6.07) is 10.1. The minimum atomic E-state index is -0.341. The van der Waals surface area contributed by atoms with Crippen LogP contribution in [0.2, 0.25) is 0 Å². The second-order valence-corrected chi connectivity index (χ2v) is 6.86. The number of carbonyl (C=O) groups excluding carboxylic acids is 1. The first kappa shape index (κ1) is 18.4. The van der Waals surface area contributed by atoms with Gasteiger partial charge < -0.3 is 15.6 Å². The first-order valence-corrected chi connectivity index (χ1v) is 9.02. The molecule has 3 rings (SSSR count). The largest absolute Gasteiger partial charge is 0.348 e. The van der Waals surface area contributed by atoms with Crippen molar-refractivity contribution in [1.82, 2.24) is 20.5 Å². The van der Waals surface area contributed by atoms with Crippen molar-refractivity contribution in [2.24, 2.45) is 0 Å². The number of aryl methyl sites for hydroxylation is 2. The van der Waals surface area contributed by atoms with E-state index >= 15 is 0 Å². The van der Waals surface area contributed by atoms with Gasteiger partial charge in [0.2, 0.25) is 0 Å². The van der Waals surface area contributed by atoms with Crippen LogP contribution < -0.4 is 16.2 Å². The molecule has 6 nitrogen and oxygen atoms in total. The number of piperazine rings is 1. The number of benzene rings is 1. The highest BCUT2D eigenvalue weighted by molar-refractivity contribution is 5.95. The lowest BCUT2D eigenvalue weighted by molar-refractivity contribution is 0.0948. The fraction of sp³-hybridized carbons (Fsp3) is 0.400. The Kier molecular flexibility index (Phi) is 5.85. The third-order valence-electron chi connectivity index (χ3n) is 4.68. The smallest absolute Gasteiger partial charge is 0.261 e. The number of aromatic amines is 1. The maximum atomic E-state index is 12.4. The van der Waals surface area contributed by atoms with Gasteiger partial charge in [0, 0.05) is 45.0 Å². The van der Waals surface area contributed by atoms with E-state index in [-0.39, 0.29) is 17.0 Å².